The van der Waals surface area contributed by atoms with Crippen LogP contribution >= 0.6 is 0 Å². The average molecular weight is 301 g/mol. The van der Waals surface area contributed by atoms with Gasteiger partial charge in [0, 0.05) is 12.2 Å². The van der Waals surface area contributed by atoms with Crippen LogP contribution in [-0.4, -0.2) is 8.42 Å². The lowest BCUT2D eigenvalue weighted by molar-refractivity contribution is 0.581. The summed E-state index contributed by atoms with van der Waals surface area (Å²) in [5.41, 5.74) is 7.82. The first-order valence-corrected chi connectivity index (χ1v) is 7.79. The zero-order valence-electron chi connectivity index (χ0n) is 11.3. The molecule has 21 heavy (non-hydrogen) atoms. The van der Waals surface area contributed by atoms with Crippen LogP contribution in [0.5, 0.6) is 0 Å². The summed E-state index contributed by atoms with van der Waals surface area (Å²) in [6, 6.07) is 15.3. The molecule has 0 aliphatic rings. The summed E-state index contributed by atoms with van der Waals surface area (Å²) in [4.78, 5) is 0.174. The van der Waals surface area contributed by atoms with Crippen LogP contribution in [0.4, 0.5) is 5.69 Å². The fraction of sp³-hybridized carbons (Fsp3) is 0.133. The lowest BCUT2D eigenvalue weighted by Gasteiger charge is -2.08. The summed E-state index contributed by atoms with van der Waals surface area (Å²) in [5, 5.41) is 8.59. The van der Waals surface area contributed by atoms with Gasteiger partial charge >= 0.3 is 0 Å². The Morgan fingerprint density at radius 2 is 1.81 bits per heavy atom. The fourth-order valence-electron chi connectivity index (χ4n) is 1.84. The van der Waals surface area contributed by atoms with Gasteiger partial charge in [0.2, 0.25) is 10.0 Å². The normalized spacial score (nSPS) is 11.0. The molecular weight excluding hydrogens is 286 g/mol. The summed E-state index contributed by atoms with van der Waals surface area (Å²) in [6.45, 7) is 0.174. The molecule has 0 bridgehead atoms. The highest BCUT2D eigenvalue weighted by atomic mass is 32.2. The number of nitrogens with one attached hydrogen (secondary N) is 1. The number of benzene rings is 2. The predicted octanol–water partition coefficient (Wildman–Crippen LogP) is 1.81. The molecular formula is C15H15N3O2S. The minimum absolute atomic E-state index is 0.174. The number of anilines is 1. The molecule has 0 saturated heterocycles. The van der Waals surface area contributed by atoms with Crippen molar-refractivity contribution < 1.29 is 8.42 Å². The third-order valence-electron chi connectivity index (χ3n) is 2.93. The third-order valence-corrected chi connectivity index (χ3v) is 4.35. The second kappa shape index (κ2) is 6.39. The van der Waals surface area contributed by atoms with Crippen LogP contribution in [0.1, 0.15) is 11.1 Å². The summed E-state index contributed by atoms with van der Waals surface area (Å²) >= 11 is 0. The van der Waals surface area contributed by atoms with Crippen molar-refractivity contribution in [1.82, 2.24) is 4.72 Å². The minimum atomic E-state index is -3.58. The van der Waals surface area contributed by atoms with Crippen LogP contribution < -0.4 is 10.5 Å². The second-order valence-corrected chi connectivity index (χ2v) is 6.32. The molecule has 0 aliphatic carbocycles. The van der Waals surface area contributed by atoms with E-state index in [1.165, 1.54) is 12.1 Å². The Labute approximate surface area is 124 Å². The van der Waals surface area contributed by atoms with Gasteiger partial charge in [-0.05, 0) is 35.4 Å². The molecule has 5 nitrogen and oxygen atoms in total. The number of hydrogen-bond donors (Lipinski definition) is 2. The van der Waals surface area contributed by atoms with Crippen molar-refractivity contribution >= 4 is 15.7 Å². The number of sulfonamides is 1. The molecule has 0 fully saturated rings. The first kappa shape index (κ1) is 15.0. The van der Waals surface area contributed by atoms with E-state index in [1.54, 1.807) is 36.4 Å². The summed E-state index contributed by atoms with van der Waals surface area (Å²) in [5.74, 6) is 0. The maximum Gasteiger partial charge on any atom is 0.240 e. The van der Waals surface area contributed by atoms with E-state index in [0.717, 1.165) is 11.1 Å². The highest BCUT2D eigenvalue weighted by molar-refractivity contribution is 7.89. The summed E-state index contributed by atoms with van der Waals surface area (Å²) in [7, 11) is -3.58. The molecule has 2 aromatic rings. The van der Waals surface area contributed by atoms with E-state index >= 15 is 0 Å². The molecule has 0 aliphatic heterocycles. The Morgan fingerprint density at radius 3 is 2.43 bits per heavy atom. The molecule has 0 radical (unpaired) electrons. The van der Waals surface area contributed by atoms with Crippen molar-refractivity contribution in [2.24, 2.45) is 0 Å². The van der Waals surface area contributed by atoms with E-state index in [1.807, 2.05) is 6.07 Å². The highest BCUT2D eigenvalue weighted by Gasteiger charge is 2.13. The lowest BCUT2D eigenvalue weighted by atomic mass is 10.2. The van der Waals surface area contributed by atoms with Gasteiger partial charge in [-0.25, -0.2) is 13.1 Å². The van der Waals surface area contributed by atoms with Crippen molar-refractivity contribution in [1.29, 1.82) is 5.26 Å². The van der Waals surface area contributed by atoms with Crippen molar-refractivity contribution in [2.75, 3.05) is 5.73 Å². The molecule has 6 heteroatoms. The molecule has 0 heterocycles. The zero-order chi connectivity index (χ0) is 15.3. The topological polar surface area (TPSA) is 96.0 Å². The molecule has 0 amide bonds. The Balaban J connectivity index is 2.09. The molecule has 3 N–H and O–H groups in total. The zero-order valence-corrected chi connectivity index (χ0v) is 12.1. The Morgan fingerprint density at radius 1 is 1.10 bits per heavy atom. The number of nitrogen functional groups attached to an aromatic ring is 1. The summed E-state index contributed by atoms with van der Waals surface area (Å²) < 4.78 is 26.8. The standard InChI is InChI=1S/C15H15N3O2S/c16-9-8-12-4-6-15(7-5-12)21(19,20)18-11-13-2-1-3-14(17)10-13/h1-7,10,18H,8,11,17H2. The number of nitriles is 1. The van der Waals surface area contributed by atoms with Gasteiger partial charge in [0.25, 0.3) is 0 Å². The first-order chi connectivity index (χ1) is 10.0. The number of nitrogens with two attached hydrogens (primary N) is 1. The SMILES string of the molecule is N#CCc1ccc(S(=O)(=O)NCc2cccc(N)c2)cc1. The van der Waals surface area contributed by atoms with Gasteiger partial charge in [0.15, 0.2) is 0 Å². The molecule has 0 unspecified atom stereocenters. The number of nitrogens with zero attached hydrogens (tertiary/aromatic N) is 1. The van der Waals surface area contributed by atoms with Gasteiger partial charge in [0.05, 0.1) is 17.4 Å². The fourth-order valence-corrected chi connectivity index (χ4v) is 2.86. The van der Waals surface area contributed by atoms with Gasteiger partial charge in [-0.1, -0.05) is 24.3 Å². The van der Waals surface area contributed by atoms with Gasteiger partial charge in [0.1, 0.15) is 0 Å². The Hall–Kier alpha value is -2.36. The minimum Gasteiger partial charge on any atom is -0.399 e. The van der Waals surface area contributed by atoms with Crippen molar-refractivity contribution in [3.63, 3.8) is 0 Å². The maximum atomic E-state index is 12.2. The lowest BCUT2D eigenvalue weighted by Crippen LogP contribution is -2.23. The molecule has 0 spiro atoms. The van der Waals surface area contributed by atoms with Crippen LogP contribution in [0.2, 0.25) is 0 Å². The molecule has 108 valence electrons. The van der Waals surface area contributed by atoms with Crippen LogP contribution in [0, 0.1) is 11.3 Å². The smallest absolute Gasteiger partial charge is 0.240 e. The number of hydrogen-bond acceptors (Lipinski definition) is 4. The monoisotopic (exact) mass is 301 g/mol. The predicted molar refractivity (Wildman–Crippen MR) is 80.6 cm³/mol. The van der Waals surface area contributed by atoms with E-state index < -0.39 is 10.0 Å². The Kier molecular flexibility index (Phi) is 4.58. The van der Waals surface area contributed by atoms with Crippen LogP contribution in [0.25, 0.3) is 0 Å². The van der Waals surface area contributed by atoms with E-state index in [9.17, 15) is 8.42 Å². The van der Waals surface area contributed by atoms with Crippen molar-refractivity contribution in [3.05, 3.63) is 59.7 Å². The van der Waals surface area contributed by atoms with E-state index in [0.29, 0.717) is 5.69 Å². The summed E-state index contributed by atoms with van der Waals surface area (Å²) in [6.07, 6.45) is 0.261. The Bertz CT molecular complexity index is 762. The van der Waals surface area contributed by atoms with Crippen LogP contribution in [0.15, 0.2) is 53.4 Å². The van der Waals surface area contributed by atoms with Gasteiger partial charge in [-0.15, -0.1) is 0 Å². The molecule has 2 aromatic carbocycles. The molecule has 0 aromatic heterocycles. The van der Waals surface area contributed by atoms with Crippen LogP contribution in [0.3, 0.4) is 0 Å². The van der Waals surface area contributed by atoms with Crippen molar-refractivity contribution in [2.45, 2.75) is 17.9 Å². The van der Waals surface area contributed by atoms with Gasteiger partial charge < -0.3 is 5.73 Å². The molecule has 2 rings (SSSR count). The van der Waals surface area contributed by atoms with Crippen molar-refractivity contribution in [3.8, 4) is 6.07 Å². The second-order valence-electron chi connectivity index (χ2n) is 4.55. The van der Waals surface area contributed by atoms with Gasteiger partial charge in [-0.3, -0.25) is 0 Å². The van der Waals surface area contributed by atoms with E-state index in [-0.39, 0.29) is 17.9 Å². The van der Waals surface area contributed by atoms with E-state index in [2.05, 4.69) is 4.72 Å². The molecule has 0 saturated carbocycles. The van der Waals surface area contributed by atoms with Gasteiger partial charge in [-0.2, -0.15) is 5.26 Å². The molecule has 0 atom stereocenters. The number of rotatable bonds is 5. The first-order valence-electron chi connectivity index (χ1n) is 6.31. The highest BCUT2D eigenvalue weighted by Crippen LogP contribution is 2.12. The largest absolute Gasteiger partial charge is 0.399 e. The van der Waals surface area contributed by atoms with E-state index in [4.69, 9.17) is 11.0 Å². The quantitative estimate of drug-likeness (QED) is 0.823. The maximum absolute atomic E-state index is 12.2. The third kappa shape index (κ3) is 4.05. The van der Waals surface area contributed by atoms with Crippen LogP contribution in [-0.2, 0) is 23.0 Å². The average Bonchev–Trinajstić information content (AvgIpc) is 2.46.